The third kappa shape index (κ3) is 2.33. The van der Waals surface area contributed by atoms with Gasteiger partial charge in [0.2, 0.25) is 0 Å². The quantitative estimate of drug-likeness (QED) is 0.879. The van der Waals surface area contributed by atoms with Crippen LogP contribution in [0.4, 0.5) is 5.82 Å². The van der Waals surface area contributed by atoms with Crippen molar-refractivity contribution in [2.24, 2.45) is 0 Å². The fourth-order valence-electron chi connectivity index (χ4n) is 2.05. The highest BCUT2D eigenvalue weighted by Gasteiger charge is 2.12. The van der Waals surface area contributed by atoms with E-state index in [2.05, 4.69) is 45.9 Å². The number of piperazine rings is 1. The molecule has 4 heteroatoms. The molecular weight excluding hydrogens is 230 g/mol. The standard InChI is InChI=1S/C13H15N3S/c1-3-11(12-4-2-10-17-12)15-13(5-1)16-8-6-14-7-9-16/h1-5,10,14H,6-9H2. The Balaban J connectivity index is 1.88. The van der Waals surface area contributed by atoms with Crippen molar-refractivity contribution in [1.29, 1.82) is 0 Å². The molecule has 0 spiro atoms. The van der Waals surface area contributed by atoms with Crippen molar-refractivity contribution in [2.75, 3.05) is 31.1 Å². The van der Waals surface area contributed by atoms with Gasteiger partial charge in [-0.05, 0) is 23.6 Å². The zero-order valence-corrected chi connectivity index (χ0v) is 10.4. The molecule has 0 saturated carbocycles. The molecule has 1 aliphatic heterocycles. The molecule has 3 rings (SSSR count). The topological polar surface area (TPSA) is 28.2 Å². The average molecular weight is 245 g/mol. The SMILES string of the molecule is c1cc(-c2cccs2)nc(N2CCNCC2)c1. The van der Waals surface area contributed by atoms with Gasteiger partial charge >= 0.3 is 0 Å². The number of nitrogens with one attached hydrogen (secondary N) is 1. The number of hydrogen-bond acceptors (Lipinski definition) is 4. The molecule has 1 fully saturated rings. The number of aromatic nitrogens is 1. The molecule has 1 saturated heterocycles. The van der Waals surface area contributed by atoms with Gasteiger partial charge in [0.25, 0.3) is 0 Å². The van der Waals surface area contributed by atoms with Crippen LogP contribution in [0.2, 0.25) is 0 Å². The summed E-state index contributed by atoms with van der Waals surface area (Å²) in [4.78, 5) is 8.33. The summed E-state index contributed by atoms with van der Waals surface area (Å²) in [6.45, 7) is 4.18. The molecule has 3 heterocycles. The van der Waals surface area contributed by atoms with Crippen LogP contribution >= 0.6 is 11.3 Å². The predicted octanol–water partition coefficient (Wildman–Crippen LogP) is 2.22. The van der Waals surface area contributed by atoms with Crippen molar-refractivity contribution in [3.05, 3.63) is 35.7 Å². The van der Waals surface area contributed by atoms with Crippen LogP contribution in [0.1, 0.15) is 0 Å². The van der Waals surface area contributed by atoms with E-state index >= 15 is 0 Å². The summed E-state index contributed by atoms with van der Waals surface area (Å²) in [5, 5.41) is 5.45. The lowest BCUT2D eigenvalue weighted by Crippen LogP contribution is -2.43. The van der Waals surface area contributed by atoms with Gasteiger partial charge in [-0.25, -0.2) is 4.98 Å². The molecule has 0 atom stereocenters. The highest BCUT2D eigenvalue weighted by atomic mass is 32.1. The second-order valence-electron chi connectivity index (χ2n) is 4.10. The Bertz CT molecular complexity index is 475. The summed E-state index contributed by atoms with van der Waals surface area (Å²) in [5.41, 5.74) is 1.08. The molecule has 0 aromatic carbocycles. The van der Waals surface area contributed by atoms with Gasteiger partial charge in [0.1, 0.15) is 5.82 Å². The van der Waals surface area contributed by atoms with Crippen LogP contribution in [0.5, 0.6) is 0 Å². The minimum atomic E-state index is 1.04. The van der Waals surface area contributed by atoms with E-state index in [1.807, 2.05) is 0 Å². The molecule has 17 heavy (non-hydrogen) atoms. The number of hydrogen-bond donors (Lipinski definition) is 1. The average Bonchev–Trinajstić information content (AvgIpc) is 2.94. The molecule has 1 N–H and O–H groups in total. The van der Waals surface area contributed by atoms with Crippen molar-refractivity contribution in [3.8, 4) is 10.6 Å². The predicted molar refractivity (Wildman–Crippen MR) is 72.6 cm³/mol. The normalized spacial score (nSPS) is 16.1. The van der Waals surface area contributed by atoms with Crippen molar-refractivity contribution < 1.29 is 0 Å². The van der Waals surface area contributed by atoms with E-state index in [1.54, 1.807) is 11.3 Å². The van der Waals surface area contributed by atoms with E-state index in [0.717, 1.165) is 37.7 Å². The maximum atomic E-state index is 4.75. The van der Waals surface area contributed by atoms with Crippen molar-refractivity contribution in [3.63, 3.8) is 0 Å². The maximum Gasteiger partial charge on any atom is 0.129 e. The van der Waals surface area contributed by atoms with Crippen molar-refractivity contribution >= 4 is 17.2 Å². The number of thiophene rings is 1. The highest BCUT2D eigenvalue weighted by Crippen LogP contribution is 2.24. The summed E-state index contributed by atoms with van der Waals surface area (Å²) in [6, 6.07) is 10.5. The Kier molecular flexibility index (Phi) is 3.07. The summed E-state index contributed by atoms with van der Waals surface area (Å²) in [7, 11) is 0. The van der Waals surface area contributed by atoms with Crippen LogP contribution in [-0.4, -0.2) is 31.2 Å². The fraction of sp³-hybridized carbons (Fsp3) is 0.308. The molecule has 3 nitrogen and oxygen atoms in total. The summed E-state index contributed by atoms with van der Waals surface area (Å²) < 4.78 is 0. The zero-order valence-electron chi connectivity index (χ0n) is 9.60. The first-order chi connectivity index (χ1) is 8.43. The van der Waals surface area contributed by atoms with E-state index in [4.69, 9.17) is 4.98 Å². The van der Waals surface area contributed by atoms with Crippen LogP contribution in [0.15, 0.2) is 35.7 Å². The van der Waals surface area contributed by atoms with E-state index in [-0.39, 0.29) is 0 Å². The summed E-state index contributed by atoms with van der Waals surface area (Å²) in [6.07, 6.45) is 0. The lowest BCUT2D eigenvalue weighted by Gasteiger charge is -2.28. The van der Waals surface area contributed by atoms with Crippen LogP contribution in [-0.2, 0) is 0 Å². The Morgan fingerprint density at radius 3 is 2.76 bits per heavy atom. The minimum Gasteiger partial charge on any atom is -0.354 e. The van der Waals surface area contributed by atoms with Gasteiger partial charge in [-0.2, -0.15) is 0 Å². The molecule has 88 valence electrons. The molecule has 2 aromatic heterocycles. The molecule has 1 aliphatic rings. The fourth-order valence-corrected chi connectivity index (χ4v) is 2.75. The highest BCUT2D eigenvalue weighted by molar-refractivity contribution is 7.13. The smallest absolute Gasteiger partial charge is 0.129 e. The molecule has 0 bridgehead atoms. The number of pyridine rings is 1. The van der Waals surface area contributed by atoms with Gasteiger partial charge < -0.3 is 10.2 Å². The first-order valence-electron chi connectivity index (χ1n) is 5.90. The second-order valence-corrected chi connectivity index (χ2v) is 5.04. The Morgan fingerprint density at radius 2 is 2.00 bits per heavy atom. The van der Waals surface area contributed by atoms with E-state index in [1.165, 1.54) is 4.88 Å². The van der Waals surface area contributed by atoms with Gasteiger partial charge in [-0.1, -0.05) is 12.1 Å². The summed E-state index contributed by atoms with van der Waals surface area (Å²) >= 11 is 1.74. The number of nitrogens with zero attached hydrogens (tertiary/aromatic N) is 2. The molecule has 2 aromatic rings. The second kappa shape index (κ2) is 4.85. The molecular formula is C13H15N3S. The third-order valence-electron chi connectivity index (χ3n) is 2.95. The lowest BCUT2D eigenvalue weighted by atomic mass is 10.3. The van der Waals surface area contributed by atoms with Gasteiger partial charge in [0, 0.05) is 26.2 Å². The van der Waals surface area contributed by atoms with Gasteiger partial charge in [0.05, 0.1) is 10.6 Å². The van der Waals surface area contributed by atoms with E-state index in [0.29, 0.717) is 0 Å². The largest absolute Gasteiger partial charge is 0.354 e. The third-order valence-corrected chi connectivity index (χ3v) is 3.84. The molecule has 0 amide bonds. The number of rotatable bonds is 2. The molecule has 0 radical (unpaired) electrons. The summed E-state index contributed by atoms with van der Waals surface area (Å²) in [5.74, 6) is 1.09. The van der Waals surface area contributed by atoms with Crippen LogP contribution < -0.4 is 10.2 Å². The lowest BCUT2D eigenvalue weighted by molar-refractivity contribution is 0.585. The first kappa shape index (κ1) is 10.7. The van der Waals surface area contributed by atoms with E-state index in [9.17, 15) is 0 Å². The van der Waals surface area contributed by atoms with Crippen LogP contribution in [0.25, 0.3) is 10.6 Å². The Morgan fingerprint density at radius 1 is 1.12 bits per heavy atom. The van der Waals surface area contributed by atoms with Gasteiger partial charge in [-0.3, -0.25) is 0 Å². The monoisotopic (exact) mass is 245 g/mol. The Hall–Kier alpha value is -1.39. The van der Waals surface area contributed by atoms with Gasteiger partial charge in [-0.15, -0.1) is 11.3 Å². The van der Waals surface area contributed by atoms with Crippen LogP contribution in [0, 0.1) is 0 Å². The van der Waals surface area contributed by atoms with E-state index < -0.39 is 0 Å². The molecule has 0 unspecified atom stereocenters. The van der Waals surface area contributed by atoms with Crippen molar-refractivity contribution in [1.82, 2.24) is 10.3 Å². The maximum absolute atomic E-state index is 4.75. The minimum absolute atomic E-state index is 1.04. The molecule has 0 aliphatic carbocycles. The van der Waals surface area contributed by atoms with Gasteiger partial charge in [0.15, 0.2) is 0 Å². The number of anilines is 1. The van der Waals surface area contributed by atoms with Crippen LogP contribution in [0.3, 0.4) is 0 Å². The Labute approximate surface area is 105 Å². The van der Waals surface area contributed by atoms with Crippen molar-refractivity contribution in [2.45, 2.75) is 0 Å². The zero-order chi connectivity index (χ0) is 11.5. The first-order valence-corrected chi connectivity index (χ1v) is 6.78.